The van der Waals surface area contributed by atoms with Gasteiger partial charge in [-0.05, 0) is 41.3 Å². The van der Waals surface area contributed by atoms with E-state index in [1.54, 1.807) is 35.6 Å². The number of benzene rings is 3. The highest BCUT2D eigenvalue weighted by Crippen LogP contribution is 2.30. The minimum absolute atomic E-state index is 0.0169. The number of phenols is 1. The molecule has 0 saturated carbocycles. The Morgan fingerprint density at radius 3 is 2.72 bits per heavy atom. The molecule has 3 aromatic carbocycles. The van der Waals surface area contributed by atoms with Gasteiger partial charge in [0.2, 0.25) is 5.91 Å². The van der Waals surface area contributed by atoms with Gasteiger partial charge in [0, 0.05) is 37.8 Å². The van der Waals surface area contributed by atoms with Gasteiger partial charge < -0.3 is 14.6 Å². The van der Waals surface area contributed by atoms with Crippen molar-refractivity contribution in [3.8, 4) is 5.75 Å². The summed E-state index contributed by atoms with van der Waals surface area (Å²) in [6.45, 7) is 2.68. The van der Waals surface area contributed by atoms with Gasteiger partial charge in [-0.3, -0.25) is 9.69 Å². The number of aromatic hydroxyl groups is 1. The van der Waals surface area contributed by atoms with Crippen LogP contribution in [0.4, 0.5) is 10.1 Å². The summed E-state index contributed by atoms with van der Waals surface area (Å²) < 4.78 is 15.5. The molecule has 1 saturated heterocycles. The molecule has 1 aliphatic heterocycles. The molecule has 32 heavy (non-hydrogen) atoms. The molecule has 4 aromatic rings. The highest BCUT2D eigenvalue weighted by Gasteiger charge is 2.26. The monoisotopic (exact) mass is 430 g/mol. The van der Waals surface area contributed by atoms with Crippen LogP contribution in [-0.2, 0) is 17.9 Å². The molecular weight excluding hydrogens is 407 g/mol. The van der Waals surface area contributed by atoms with Crippen LogP contribution < -0.4 is 4.90 Å². The zero-order valence-electron chi connectivity index (χ0n) is 17.5. The molecule has 0 atom stereocenters. The third-order valence-electron chi connectivity index (χ3n) is 5.86. The summed E-state index contributed by atoms with van der Waals surface area (Å²) in [5.74, 6) is -0.0569. The number of carbonyl (C=O) groups is 1. The Morgan fingerprint density at radius 2 is 1.88 bits per heavy atom. The van der Waals surface area contributed by atoms with E-state index in [1.165, 1.54) is 12.1 Å². The van der Waals surface area contributed by atoms with E-state index < -0.39 is 0 Å². The number of halogens is 1. The van der Waals surface area contributed by atoms with Crippen LogP contribution >= 0.6 is 0 Å². The van der Waals surface area contributed by atoms with Gasteiger partial charge in [0.1, 0.15) is 11.6 Å². The van der Waals surface area contributed by atoms with E-state index in [9.17, 15) is 14.3 Å². The van der Waals surface area contributed by atoms with Crippen molar-refractivity contribution in [2.45, 2.75) is 13.1 Å². The van der Waals surface area contributed by atoms with Crippen LogP contribution in [0.15, 0.2) is 73.2 Å². The fraction of sp³-hybridized carbons (Fsp3) is 0.200. The molecule has 1 aliphatic rings. The molecule has 5 rings (SSSR count). The highest BCUT2D eigenvalue weighted by molar-refractivity contribution is 6.05. The number of carbonyl (C=O) groups excluding carboxylic acids is 1. The summed E-state index contributed by atoms with van der Waals surface area (Å²) in [5.41, 5.74) is 2.66. The van der Waals surface area contributed by atoms with Crippen molar-refractivity contribution in [1.82, 2.24) is 14.5 Å². The fourth-order valence-electron chi connectivity index (χ4n) is 4.27. The van der Waals surface area contributed by atoms with Crippen molar-refractivity contribution in [1.29, 1.82) is 0 Å². The van der Waals surface area contributed by atoms with E-state index >= 15 is 0 Å². The molecule has 0 spiro atoms. The summed E-state index contributed by atoms with van der Waals surface area (Å²) in [6, 6.07) is 17.6. The molecule has 6 nitrogen and oxygen atoms in total. The number of anilines is 1. The van der Waals surface area contributed by atoms with E-state index in [-0.39, 0.29) is 17.5 Å². The number of hydrogen-bond acceptors (Lipinski definition) is 4. The van der Waals surface area contributed by atoms with Gasteiger partial charge in [0.05, 0.1) is 24.3 Å². The molecule has 0 aliphatic carbocycles. The van der Waals surface area contributed by atoms with Gasteiger partial charge in [0.25, 0.3) is 0 Å². The smallest absolute Gasteiger partial charge is 0.241 e. The van der Waals surface area contributed by atoms with Crippen LogP contribution in [0, 0.1) is 5.82 Å². The van der Waals surface area contributed by atoms with Crippen molar-refractivity contribution >= 4 is 22.4 Å². The van der Waals surface area contributed by atoms with Crippen LogP contribution in [0.1, 0.15) is 11.3 Å². The highest BCUT2D eigenvalue weighted by atomic mass is 19.1. The van der Waals surface area contributed by atoms with E-state index in [0.29, 0.717) is 32.7 Å². The van der Waals surface area contributed by atoms with Crippen molar-refractivity contribution in [2.24, 2.45) is 0 Å². The number of hydrogen-bond donors (Lipinski definition) is 1. The van der Waals surface area contributed by atoms with Gasteiger partial charge in [-0.15, -0.1) is 0 Å². The lowest BCUT2D eigenvalue weighted by atomic mass is 10.1. The van der Waals surface area contributed by atoms with Crippen LogP contribution in [0.5, 0.6) is 5.75 Å². The Kier molecular flexibility index (Phi) is 5.33. The molecular formula is C25H23FN4O2. The van der Waals surface area contributed by atoms with Crippen molar-refractivity contribution in [2.75, 3.05) is 24.5 Å². The molecule has 7 heteroatoms. The molecule has 2 heterocycles. The number of rotatable bonds is 5. The van der Waals surface area contributed by atoms with Gasteiger partial charge in [-0.1, -0.05) is 30.3 Å². The zero-order valence-corrected chi connectivity index (χ0v) is 17.5. The first-order valence-corrected chi connectivity index (χ1v) is 10.5. The molecule has 0 radical (unpaired) electrons. The minimum Gasteiger partial charge on any atom is -0.508 e. The summed E-state index contributed by atoms with van der Waals surface area (Å²) in [6.07, 6.45) is 3.53. The Morgan fingerprint density at radius 1 is 1.00 bits per heavy atom. The first-order chi connectivity index (χ1) is 15.6. The van der Waals surface area contributed by atoms with E-state index in [0.717, 1.165) is 27.7 Å². The Balaban J connectivity index is 1.30. The summed E-state index contributed by atoms with van der Waals surface area (Å²) in [5, 5.41) is 11.8. The predicted octanol–water partition coefficient (Wildman–Crippen LogP) is 3.78. The van der Waals surface area contributed by atoms with Crippen molar-refractivity contribution in [3.63, 3.8) is 0 Å². The number of phenolic OH excluding ortho intramolecular Hbond substituents is 1. The van der Waals surface area contributed by atoms with Crippen LogP contribution in [-0.4, -0.2) is 45.1 Å². The third-order valence-corrected chi connectivity index (χ3v) is 5.86. The molecule has 162 valence electrons. The zero-order chi connectivity index (χ0) is 22.1. The molecule has 0 bridgehead atoms. The first-order valence-electron chi connectivity index (χ1n) is 10.5. The Hall–Kier alpha value is -3.71. The molecule has 1 fully saturated rings. The van der Waals surface area contributed by atoms with E-state index in [1.807, 2.05) is 34.9 Å². The lowest BCUT2D eigenvalue weighted by Gasteiger charge is -2.35. The fourth-order valence-corrected chi connectivity index (χ4v) is 4.27. The SMILES string of the molecule is O=C1CN(Cc2cncn2Cc2cccc(F)c2)CCN1c1cccc2ccc(O)cc12. The lowest BCUT2D eigenvalue weighted by molar-refractivity contribution is -0.121. The van der Waals surface area contributed by atoms with Crippen LogP contribution in [0.3, 0.4) is 0 Å². The third kappa shape index (κ3) is 4.07. The maximum atomic E-state index is 13.5. The average molecular weight is 430 g/mol. The summed E-state index contributed by atoms with van der Waals surface area (Å²) in [7, 11) is 0. The number of fused-ring (bicyclic) bond motifs is 1. The maximum absolute atomic E-state index is 13.5. The lowest BCUT2D eigenvalue weighted by Crippen LogP contribution is -2.50. The second-order valence-electron chi connectivity index (χ2n) is 8.08. The van der Waals surface area contributed by atoms with Crippen LogP contribution in [0.2, 0.25) is 0 Å². The predicted molar refractivity (Wildman–Crippen MR) is 121 cm³/mol. The second-order valence-corrected chi connectivity index (χ2v) is 8.08. The topological polar surface area (TPSA) is 61.6 Å². The number of aromatic nitrogens is 2. The number of nitrogens with zero attached hydrogens (tertiary/aromatic N) is 4. The van der Waals surface area contributed by atoms with Gasteiger partial charge >= 0.3 is 0 Å². The summed E-state index contributed by atoms with van der Waals surface area (Å²) in [4.78, 5) is 21.2. The normalized spacial score (nSPS) is 14.9. The second kappa shape index (κ2) is 8.43. The molecule has 1 aromatic heterocycles. The van der Waals surface area contributed by atoms with E-state index in [2.05, 4.69) is 9.88 Å². The summed E-state index contributed by atoms with van der Waals surface area (Å²) >= 11 is 0. The number of imidazole rings is 1. The maximum Gasteiger partial charge on any atom is 0.241 e. The molecule has 1 N–H and O–H groups in total. The minimum atomic E-state index is -0.257. The Labute approximate surface area is 185 Å². The van der Waals surface area contributed by atoms with Crippen LogP contribution in [0.25, 0.3) is 10.8 Å². The van der Waals surface area contributed by atoms with Gasteiger partial charge in [0.15, 0.2) is 0 Å². The van der Waals surface area contributed by atoms with Gasteiger partial charge in [-0.25, -0.2) is 9.37 Å². The largest absolute Gasteiger partial charge is 0.508 e. The molecule has 1 amide bonds. The van der Waals surface area contributed by atoms with Crippen molar-refractivity contribution < 1.29 is 14.3 Å². The number of piperazine rings is 1. The van der Waals surface area contributed by atoms with Crippen molar-refractivity contribution in [3.05, 3.63) is 90.3 Å². The van der Waals surface area contributed by atoms with E-state index in [4.69, 9.17) is 0 Å². The average Bonchev–Trinajstić information content (AvgIpc) is 3.20. The Bertz CT molecular complexity index is 1290. The standard InChI is InChI=1S/C25H23FN4O2/c26-20-5-1-3-18(11-20)14-29-17-27-13-21(29)15-28-9-10-30(25(32)16-28)24-6-2-4-19-7-8-22(31)12-23(19)24/h1-8,11-13,17,31H,9-10,14-16H2. The molecule has 0 unspecified atom stereocenters. The van der Waals surface area contributed by atoms with Gasteiger partial charge in [-0.2, -0.15) is 0 Å². The quantitative estimate of drug-likeness (QED) is 0.524. The first kappa shape index (κ1) is 20.2. The number of amides is 1.